The number of para-hydroxylation sites is 1. The highest BCUT2D eigenvalue weighted by molar-refractivity contribution is 7.22. The van der Waals surface area contributed by atoms with E-state index in [4.69, 9.17) is 4.74 Å². The molecule has 1 saturated heterocycles. The second kappa shape index (κ2) is 6.09. The second-order valence-electron chi connectivity index (χ2n) is 5.49. The Morgan fingerprint density at radius 3 is 2.81 bits per heavy atom. The van der Waals surface area contributed by atoms with Crippen LogP contribution in [0.25, 0.3) is 10.2 Å². The Morgan fingerprint density at radius 1 is 1.38 bits per heavy atom. The molecule has 21 heavy (non-hydrogen) atoms. The smallest absolute Gasteiger partial charge is 0.240 e. The summed E-state index contributed by atoms with van der Waals surface area (Å²) < 4.78 is 6.76. The van der Waals surface area contributed by atoms with E-state index >= 15 is 0 Å². The fourth-order valence-corrected chi connectivity index (χ4v) is 3.58. The number of nitrogens with zero attached hydrogens (tertiary/aromatic N) is 2. The number of ether oxygens (including phenoxy) is 1. The number of anilines is 1. The van der Waals surface area contributed by atoms with Crippen LogP contribution in [0, 0.1) is 0 Å². The van der Waals surface area contributed by atoms with E-state index in [2.05, 4.69) is 15.2 Å². The Kier molecular flexibility index (Phi) is 4.19. The highest BCUT2D eigenvalue weighted by atomic mass is 32.1. The van der Waals surface area contributed by atoms with Gasteiger partial charge in [-0.25, -0.2) is 4.98 Å². The van der Waals surface area contributed by atoms with E-state index in [1.54, 1.807) is 0 Å². The normalized spacial score (nSPS) is 23.3. The zero-order valence-electron chi connectivity index (χ0n) is 12.2. The van der Waals surface area contributed by atoms with Gasteiger partial charge in [-0.1, -0.05) is 23.5 Å². The summed E-state index contributed by atoms with van der Waals surface area (Å²) in [6.45, 7) is 6.03. The van der Waals surface area contributed by atoms with Gasteiger partial charge in [0.15, 0.2) is 5.13 Å². The minimum Gasteiger partial charge on any atom is -0.373 e. The van der Waals surface area contributed by atoms with Gasteiger partial charge in [0.1, 0.15) is 0 Å². The molecule has 2 heterocycles. The molecule has 3 rings (SSSR count). The number of aromatic nitrogens is 1. The molecule has 5 nitrogen and oxygen atoms in total. The van der Waals surface area contributed by atoms with Gasteiger partial charge >= 0.3 is 0 Å². The summed E-state index contributed by atoms with van der Waals surface area (Å²) in [6.07, 6.45) is 0.341. The number of nitrogens with one attached hydrogen (secondary N) is 1. The van der Waals surface area contributed by atoms with Crippen molar-refractivity contribution in [1.29, 1.82) is 0 Å². The van der Waals surface area contributed by atoms with E-state index in [-0.39, 0.29) is 18.1 Å². The predicted octanol–water partition coefficient (Wildman–Crippen LogP) is 2.34. The standard InChI is InChI=1S/C15H19N3O2S/c1-10-7-18(8-11(2)20-10)9-14(19)17-15-16-12-5-3-4-6-13(12)21-15/h3-6,10-11H,7-9H2,1-2H3,(H,16,17,19)/t10-,11-/m0/s1. The maximum Gasteiger partial charge on any atom is 0.240 e. The topological polar surface area (TPSA) is 54.5 Å². The van der Waals surface area contributed by atoms with Crippen molar-refractivity contribution in [3.8, 4) is 0 Å². The predicted molar refractivity (Wildman–Crippen MR) is 84.7 cm³/mol. The molecule has 0 spiro atoms. The van der Waals surface area contributed by atoms with Gasteiger partial charge in [-0.15, -0.1) is 0 Å². The van der Waals surface area contributed by atoms with Crippen LogP contribution in [0.1, 0.15) is 13.8 Å². The molecule has 1 N–H and O–H groups in total. The molecule has 2 atom stereocenters. The number of carbonyl (C=O) groups is 1. The Balaban J connectivity index is 1.61. The maximum absolute atomic E-state index is 12.1. The maximum atomic E-state index is 12.1. The first kappa shape index (κ1) is 14.4. The summed E-state index contributed by atoms with van der Waals surface area (Å²) in [6, 6.07) is 7.88. The van der Waals surface area contributed by atoms with Crippen molar-refractivity contribution in [2.45, 2.75) is 26.1 Å². The lowest BCUT2D eigenvalue weighted by molar-refractivity contribution is -0.121. The molecular weight excluding hydrogens is 286 g/mol. The summed E-state index contributed by atoms with van der Waals surface area (Å²) in [4.78, 5) is 18.7. The first-order chi connectivity index (χ1) is 10.1. The van der Waals surface area contributed by atoms with E-state index in [1.807, 2.05) is 38.1 Å². The van der Waals surface area contributed by atoms with E-state index < -0.39 is 0 Å². The zero-order valence-corrected chi connectivity index (χ0v) is 13.0. The Labute approximate surface area is 127 Å². The summed E-state index contributed by atoms with van der Waals surface area (Å²) in [5, 5.41) is 3.56. The van der Waals surface area contributed by atoms with Gasteiger partial charge < -0.3 is 10.1 Å². The van der Waals surface area contributed by atoms with Crippen LogP contribution in [-0.4, -0.2) is 47.6 Å². The van der Waals surface area contributed by atoms with E-state index in [9.17, 15) is 4.79 Å². The van der Waals surface area contributed by atoms with Gasteiger partial charge in [-0.3, -0.25) is 9.69 Å². The van der Waals surface area contributed by atoms with Crippen LogP contribution < -0.4 is 5.32 Å². The first-order valence-corrected chi connectivity index (χ1v) is 7.95. The summed E-state index contributed by atoms with van der Waals surface area (Å²) >= 11 is 1.50. The Hall–Kier alpha value is -1.50. The van der Waals surface area contributed by atoms with Gasteiger partial charge in [0, 0.05) is 13.1 Å². The molecule has 0 unspecified atom stereocenters. The fraction of sp³-hybridized carbons (Fsp3) is 0.467. The molecule has 1 aliphatic heterocycles. The van der Waals surface area contributed by atoms with Gasteiger partial charge in [0.2, 0.25) is 5.91 Å². The number of hydrogen-bond acceptors (Lipinski definition) is 5. The van der Waals surface area contributed by atoms with Gasteiger partial charge in [-0.2, -0.15) is 0 Å². The number of rotatable bonds is 3. The highest BCUT2D eigenvalue weighted by Crippen LogP contribution is 2.25. The number of hydrogen-bond donors (Lipinski definition) is 1. The number of morpholine rings is 1. The van der Waals surface area contributed by atoms with Crippen LogP contribution in [0.3, 0.4) is 0 Å². The van der Waals surface area contributed by atoms with Crippen molar-refractivity contribution >= 4 is 32.6 Å². The summed E-state index contributed by atoms with van der Waals surface area (Å²) in [5.41, 5.74) is 0.923. The molecule has 2 aromatic rings. The molecule has 1 fully saturated rings. The van der Waals surface area contributed by atoms with E-state index in [0.717, 1.165) is 23.3 Å². The second-order valence-corrected chi connectivity index (χ2v) is 6.52. The van der Waals surface area contributed by atoms with Crippen LogP contribution >= 0.6 is 11.3 Å². The summed E-state index contributed by atoms with van der Waals surface area (Å²) in [5.74, 6) is -0.0182. The van der Waals surface area contributed by atoms with Crippen LogP contribution in [0.15, 0.2) is 24.3 Å². The summed E-state index contributed by atoms with van der Waals surface area (Å²) in [7, 11) is 0. The van der Waals surface area contributed by atoms with Crippen LogP contribution in [0.4, 0.5) is 5.13 Å². The van der Waals surface area contributed by atoms with Crippen molar-refractivity contribution in [3.63, 3.8) is 0 Å². The Bertz CT molecular complexity index is 600. The lowest BCUT2D eigenvalue weighted by Gasteiger charge is -2.34. The zero-order chi connectivity index (χ0) is 14.8. The number of amides is 1. The van der Waals surface area contributed by atoms with Crippen molar-refractivity contribution < 1.29 is 9.53 Å². The van der Waals surface area contributed by atoms with E-state index in [0.29, 0.717) is 11.7 Å². The lowest BCUT2D eigenvalue weighted by atomic mass is 10.2. The minimum atomic E-state index is -0.0182. The average Bonchev–Trinajstić information content (AvgIpc) is 2.78. The first-order valence-electron chi connectivity index (χ1n) is 7.13. The molecule has 0 aliphatic carbocycles. The van der Waals surface area contributed by atoms with Crippen molar-refractivity contribution in [1.82, 2.24) is 9.88 Å². The number of carbonyl (C=O) groups excluding carboxylic acids is 1. The average molecular weight is 305 g/mol. The molecular formula is C15H19N3O2S. The van der Waals surface area contributed by atoms with Crippen molar-refractivity contribution in [2.24, 2.45) is 0 Å². The van der Waals surface area contributed by atoms with Gasteiger partial charge in [-0.05, 0) is 26.0 Å². The number of fused-ring (bicyclic) bond motifs is 1. The SMILES string of the molecule is C[C@H]1CN(CC(=O)Nc2nc3ccccc3s2)C[C@H](C)O1. The lowest BCUT2D eigenvalue weighted by Crippen LogP contribution is -2.48. The monoisotopic (exact) mass is 305 g/mol. The minimum absolute atomic E-state index is 0.0182. The van der Waals surface area contributed by atoms with Crippen LogP contribution in [0.5, 0.6) is 0 Å². The fourth-order valence-electron chi connectivity index (χ4n) is 2.70. The Morgan fingerprint density at radius 2 is 2.10 bits per heavy atom. The molecule has 1 amide bonds. The van der Waals surface area contributed by atoms with Gasteiger partial charge in [0.05, 0.1) is 29.0 Å². The third kappa shape index (κ3) is 3.58. The molecule has 0 saturated carbocycles. The largest absolute Gasteiger partial charge is 0.373 e. The molecule has 6 heteroatoms. The molecule has 1 aromatic heterocycles. The molecule has 1 aliphatic rings. The number of thiazole rings is 1. The van der Waals surface area contributed by atoms with Gasteiger partial charge in [0.25, 0.3) is 0 Å². The van der Waals surface area contributed by atoms with Crippen LogP contribution in [-0.2, 0) is 9.53 Å². The quantitative estimate of drug-likeness (QED) is 0.946. The van der Waals surface area contributed by atoms with Crippen molar-refractivity contribution in [2.75, 3.05) is 25.0 Å². The highest BCUT2D eigenvalue weighted by Gasteiger charge is 2.23. The van der Waals surface area contributed by atoms with Crippen LogP contribution in [0.2, 0.25) is 0 Å². The molecule has 0 radical (unpaired) electrons. The third-order valence-electron chi connectivity index (χ3n) is 3.40. The molecule has 0 bridgehead atoms. The van der Waals surface area contributed by atoms with Crippen molar-refractivity contribution in [3.05, 3.63) is 24.3 Å². The van der Waals surface area contributed by atoms with E-state index in [1.165, 1.54) is 11.3 Å². The molecule has 1 aromatic carbocycles. The third-order valence-corrected chi connectivity index (χ3v) is 4.35. The molecule has 112 valence electrons. The number of benzene rings is 1.